The van der Waals surface area contributed by atoms with Gasteiger partial charge in [-0.3, -0.25) is 4.79 Å². The zero-order valence-corrected chi connectivity index (χ0v) is 19.0. The van der Waals surface area contributed by atoms with Crippen LogP contribution < -0.4 is 5.32 Å². The second-order valence-electron chi connectivity index (χ2n) is 7.75. The Labute approximate surface area is 195 Å². The van der Waals surface area contributed by atoms with Crippen LogP contribution in [0.1, 0.15) is 21.7 Å². The predicted molar refractivity (Wildman–Crippen MR) is 133 cm³/mol. The number of carbonyl (C=O) groups excluding carboxylic acids is 1. The summed E-state index contributed by atoms with van der Waals surface area (Å²) in [6.07, 6.45) is 0.654. The van der Waals surface area contributed by atoms with Gasteiger partial charge in [0.2, 0.25) is 0 Å². The van der Waals surface area contributed by atoms with Gasteiger partial charge in [-0.1, -0.05) is 70.5 Å². The minimum absolute atomic E-state index is 0.0748. The summed E-state index contributed by atoms with van der Waals surface area (Å²) in [5, 5.41) is 5.51. The zero-order valence-electron chi connectivity index (χ0n) is 17.5. The van der Waals surface area contributed by atoms with Gasteiger partial charge in [0.25, 0.3) is 5.91 Å². The summed E-state index contributed by atoms with van der Waals surface area (Å²) in [7, 11) is 0. The van der Waals surface area contributed by atoms with E-state index in [2.05, 4.69) is 74.3 Å². The lowest BCUT2D eigenvalue weighted by Crippen LogP contribution is -2.26. The van der Waals surface area contributed by atoms with Crippen molar-refractivity contribution in [1.82, 2.24) is 14.9 Å². The molecule has 5 heteroatoms. The molecule has 5 aromatic rings. The van der Waals surface area contributed by atoms with Crippen LogP contribution >= 0.6 is 15.9 Å². The van der Waals surface area contributed by atoms with Gasteiger partial charge in [-0.25, -0.2) is 4.98 Å². The summed E-state index contributed by atoms with van der Waals surface area (Å²) in [6, 6.07) is 30.5. The Morgan fingerprint density at radius 2 is 1.62 bits per heavy atom. The number of carbonyl (C=O) groups is 1. The van der Waals surface area contributed by atoms with E-state index in [4.69, 9.17) is 4.98 Å². The Bertz CT molecular complexity index is 1400. The van der Waals surface area contributed by atoms with E-state index in [1.807, 2.05) is 42.5 Å². The number of nitrogens with zero attached hydrogens (tertiary/aromatic N) is 2. The van der Waals surface area contributed by atoms with Crippen molar-refractivity contribution in [2.45, 2.75) is 13.0 Å². The third-order valence-corrected chi connectivity index (χ3v) is 6.21. The highest BCUT2D eigenvalue weighted by Gasteiger charge is 2.13. The molecule has 5 rings (SSSR count). The monoisotopic (exact) mass is 483 g/mol. The summed E-state index contributed by atoms with van der Waals surface area (Å²) in [6.45, 7) is 1.26. The number of fused-ring (bicyclic) bond motifs is 2. The highest BCUT2D eigenvalue weighted by molar-refractivity contribution is 9.10. The lowest BCUT2D eigenvalue weighted by molar-refractivity contribution is 0.0954. The molecule has 0 saturated carbocycles. The number of hydrogen-bond donors (Lipinski definition) is 1. The van der Waals surface area contributed by atoms with E-state index >= 15 is 0 Å². The number of imidazole rings is 1. The van der Waals surface area contributed by atoms with Crippen molar-refractivity contribution < 1.29 is 4.79 Å². The van der Waals surface area contributed by atoms with Gasteiger partial charge >= 0.3 is 0 Å². The van der Waals surface area contributed by atoms with Gasteiger partial charge in [0.05, 0.1) is 11.0 Å². The molecule has 0 fully saturated rings. The standard InChI is InChI=1S/C27H22BrN3O/c28-22-14-12-20(13-15-22)27(32)29-17-16-26-30-24-10-3-4-11-25(24)31(26)18-21-8-5-7-19-6-1-2-9-23(19)21/h1-15H,16-18H2,(H,29,32). The summed E-state index contributed by atoms with van der Waals surface area (Å²) in [5.74, 6) is 0.893. The van der Waals surface area contributed by atoms with Gasteiger partial charge in [0.15, 0.2) is 0 Å². The summed E-state index contributed by atoms with van der Waals surface area (Å²) < 4.78 is 3.22. The first-order valence-electron chi connectivity index (χ1n) is 10.6. The molecule has 1 aromatic heterocycles. The molecule has 0 aliphatic heterocycles. The van der Waals surface area contributed by atoms with Gasteiger partial charge in [0.1, 0.15) is 5.82 Å². The predicted octanol–water partition coefficient (Wildman–Crippen LogP) is 5.97. The molecular weight excluding hydrogens is 462 g/mol. The van der Waals surface area contributed by atoms with Crippen molar-refractivity contribution in [3.63, 3.8) is 0 Å². The van der Waals surface area contributed by atoms with Crippen LogP contribution in [0.3, 0.4) is 0 Å². The minimum atomic E-state index is -0.0748. The second kappa shape index (κ2) is 8.97. The van der Waals surface area contributed by atoms with Crippen molar-refractivity contribution in [3.05, 3.63) is 112 Å². The average Bonchev–Trinajstić information content (AvgIpc) is 3.17. The van der Waals surface area contributed by atoms with Crippen molar-refractivity contribution in [1.29, 1.82) is 0 Å². The average molecular weight is 484 g/mol. The number of rotatable bonds is 6. The smallest absolute Gasteiger partial charge is 0.251 e. The van der Waals surface area contributed by atoms with Crippen molar-refractivity contribution >= 4 is 43.6 Å². The normalized spacial score (nSPS) is 11.2. The maximum Gasteiger partial charge on any atom is 0.251 e. The SMILES string of the molecule is O=C(NCCc1nc2ccccc2n1Cc1cccc2ccccc12)c1ccc(Br)cc1. The number of aromatic nitrogens is 2. The number of benzene rings is 4. The molecule has 4 nitrogen and oxygen atoms in total. The molecule has 1 amide bonds. The number of nitrogens with one attached hydrogen (secondary N) is 1. The molecule has 0 aliphatic rings. The molecule has 0 unspecified atom stereocenters. The highest BCUT2D eigenvalue weighted by atomic mass is 79.9. The van der Waals surface area contributed by atoms with Gasteiger partial charge in [-0.05, 0) is 52.7 Å². The lowest BCUT2D eigenvalue weighted by atomic mass is 10.0. The first kappa shape index (κ1) is 20.5. The molecule has 0 atom stereocenters. The molecule has 32 heavy (non-hydrogen) atoms. The molecule has 0 saturated heterocycles. The van der Waals surface area contributed by atoms with Crippen LogP contribution in [0.15, 0.2) is 95.5 Å². The third-order valence-electron chi connectivity index (χ3n) is 5.68. The van der Waals surface area contributed by atoms with E-state index in [0.29, 0.717) is 18.5 Å². The van der Waals surface area contributed by atoms with E-state index in [1.165, 1.54) is 16.3 Å². The molecule has 0 bridgehead atoms. The molecule has 4 aromatic carbocycles. The topological polar surface area (TPSA) is 46.9 Å². The Morgan fingerprint density at radius 1 is 0.875 bits per heavy atom. The van der Waals surface area contributed by atoms with Gasteiger partial charge in [0, 0.05) is 29.5 Å². The first-order valence-corrected chi connectivity index (χ1v) is 11.4. The van der Waals surface area contributed by atoms with Crippen molar-refractivity contribution in [2.75, 3.05) is 6.54 Å². The lowest BCUT2D eigenvalue weighted by Gasteiger charge is -2.12. The van der Waals surface area contributed by atoms with E-state index < -0.39 is 0 Å². The van der Waals surface area contributed by atoms with Gasteiger partial charge in [-0.15, -0.1) is 0 Å². The van der Waals surface area contributed by atoms with E-state index in [-0.39, 0.29) is 5.91 Å². The van der Waals surface area contributed by atoms with Crippen LogP contribution in [-0.4, -0.2) is 22.0 Å². The molecule has 158 valence electrons. The molecule has 1 N–H and O–H groups in total. The second-order valence-corrected chi connectivity index (χ2v) is 8.67. The fourth-order valence-corrected chi connectivity index (χ4v) is 4.35. The van der Waals surface area contributed by atoms with Crippen LogP contribution in [0, 0.1) is 0 Å². The maximum atomic E-state index is 12.5. The fraction of sp³-hybridized carbons (Fsp3) is 0.111. The van der Waals surface area contributed by atoms with E-state index in [0.717, 1.165) is 27.9 Å². The summed E-state index contributed by atoms with van der Waals surface area (Å²) in [4.78, 5) is 17.4. The minimum Gasteiger partial charge on any atom is -0.352 e. The number of amides is 1. The van der Waals surface area contributed by atoms with Crippen LogP contribution in [0.25, 0.3) is 21.8 Å². The Hall–Kier alpha value is -3.44. The Kier molecular flexibility index (Phi) is 5.73. The highest BCUT2D eigenvalue weighted by Crippen LogP contribution is 2.23. The van der Waals surface area contributed by atoms with Gasteiger partial charge in [-0.2, -0.15) is 0 Å². The molecule has 1 heterocycles. The molecule has 0 spiro atoms. The number of hydrogen-bond acceptors (Lipinski definition) is 2. The Balaban J connectivity index is 1.40. The first-order chi connectivity index (χ1) is 15.7. The van der Waals surface area contributed by atoms with Gasteiger partial charge < -0.3 is 9.88 Å². The maximum absolute atomic E-state index is 12.5. The van der Waals surface area contributed by atoms with Crippen LogP contribution in [0.2, 0.25) is 0 Å². The van der Waals surface area contributed by atoms with Crippen LogP contribution in [0.4, 0.5) is 0 Å². The van der Waals surface area contributed by atoms with E-state index in [9.17, 15) is 4.79 Å². The quantitative estimate of drug-likeness (QED) is 0.323. The largest absolute Gasteiger partial charge is 0.352 e. The summed E-state index contributed by atoms with van der Waals surface area (Å²) in [5.41, 5.74) is 3.99. The fourth-order valence-electron chi connectivity index (χ4n) is 4.08. The molecule has 0 radical (unpaired) electrons. The van der Waals surface area contributed by atoms with E-state index in [1.54, 1.807) is 0 Å². The third kappa shape index (κ3) is 4.16. The number of halogens is 1. The number of para-hydroxylation sites is 2. The Morgan fingerprint density at radius 3 is 2.50 bits per heavy atom. The summed E-state index contributed by atoms with van der Waals surface area (Å²) >= 11 is 3.40. The van der Waals surface area contributed by atoms with Crippen LogP contribution in [-0.2, 0) is 13.0 Å². The zero-order chi connectivity index (χ0) is 21.9. The van der Waals surface area contributed by atoms with Crippen molar-refractivity contribution in [2.24, 2.45) is 0 Å². The van der Waals surface area contributed by atoms with Crippen LogP contribution in [0.5, 0.6) is 0 Å². The molecule has 0 aliphatic carbocycles. The molecular formula is C27H22BrN3O. The van der Waals surface area contributed by atoms with Crippen molar-refractivity contribution in [3.8, 4) is 0 Å².